The van der Waals surface area contributed by atoms with Gasteiger partial charge in [-0.1, -0.05) is 92.3 Å². The Morgan fingerprint density at radius 1 is 0.938 bits per heavy atom. The minimum Gasteiger partial charge on any atom is -0.325 e. The molecule has 0 atom stereocenters. The van der Waals surface area contributed by atoms with E-state index in [0.717, 1.165) is 33.9 Å². The van der Waals surface area contributed by atoms with Gasteiger partial charge in [-0.3, -0.25) is 9.36 Å². The largest absolute Gasteiger partial charge is 0.325 e. The normalized spacial score (nSPS) is 11.0. The summed E-state index contributed by atoms with van der Waals surface area (Å²) in [6.07, 6.45) is 0. The van der Waals surface area contributed by atoms with Crippen molar-refractivity contribution in [3.8, 4) is 17.1 Å². The Bertz CT molecular complexity index is 1200. The van der Waals surface area contributed by atoms with E-state index >= 15 is 0 Å². The first-order valence-electron chi connectivity index (χ1n) is 10.6. The smallest absolute Gasteiger partial charge is 0.234 e. The summed E-state index contributed by atoms with van der Waals surface area (Å²) in [5, 5.41) is 12.6. The minimum atomic E-state index is -0.0601. The van der Waals surface area contributed by atoms with Crippen molar-refractivity contribution in [2.24, 2.45) is 0 Å². The fourth-order valence-corrected chi connectivity index (χ4v) is 4.35. The van der Waals surface area contributed by atoms with Crippen molar-refractivity contribution >= 4 is 23.4 Å². The molecule has 0 aliphatic rings. The third-order valence-corrected chi connectivity index (χ3v) is 6.13. The number of nitrogens with zero attached hydrogens (tertiary/aromatic N) is 3. The Morgan fingerprint density at radius 2 is 1.62 bits per heavy atom. The lowest BCUT2D eigenvalue weighted by Crippen LogP contribution is -2.17. The first kappa shape index (κ1) is 21.8. The van der Waals surface area contributed by atoms with Gasteiger partial charge >= 0.3 is 0 Å². The molecule has 0 aliphatic heterocycles. The summed E-state index contributed by atoms with van der Waals surface area (Å²) in [4.78, 5) is 12.8. The fourth-order valence-electron chi connectivity index (χ4n) is 3.60. The summed E-state index contributed by atoms with van der Waals surface area (Å²) in [7, 11) is 0. The molecule has 3 aromatic carbocycles. The first-order valence-corrected chi connectivity index (χ1v) is 11.6. The van der Waals surface area contributed by atoms with E-state index in [0.29, 0.717) is 11.1 Å². The standard InChI is InChI=1S/C26H26N4OS/c1-18(2)22-16-10-11-19(3)24(22)27-23(31)17-32-26-29-28-25(20-12-6-4-7-13-20)30(26)21-14-8-5-9-15-21/h4-16,18H,17H2,1-3H3,(H,27,31). The zero-order chi connectivity index (χ0) is 22.5. The van der Waals surface area contributed by atoms with Crippen LogP contribution in [0.2, 0.25) is 0 Å². The molecule has 1 amide bonds. The highest BCUT2D eigenvalue weighted by Crippen LogP contribution is 2.30. The number of nitrogens with one attached hydrogen (secondary N) is 1. The van der Waals surface area contributed by atoms with E-state index < -0.39 is 0 Å². The molecule has 0 unspecified atom stereocenters. The molecule has 0 radical (unpaired) electrons. The van der Waals surface area contributed by atoms with Crippen molar-refractivity contribution in [2.75, 3.05) is 11.1 Å². The third kappa shape index (κ3) is 4.75. The van der Waals surface area contributed by atoms with Crippen LogP contribution in [0.25, 0.3) is 17.1 Å². The number of benzene rings is 3. The van der Waals surface area contributed by atoms with Gasteiger partial charge in [0.2, 0.25) is 5.91 Å². The number of carbonyl (C=O) groups excluding carboxylic acids is 1. The van der Waals surface area contributed by atoms with Gasteiger partial charge in [0.1, 0.15) is 0 Å². The van der Waals surface area contributed by atoms with Crippen LogP contribution in [0.4, 0.5) is 5.69 Å². The lowest BCUT2D eigenvalue weighted by Gasteiger charge is -2.16. The molecule has 0 saturated carbocycles. The highest BCUT2D eigenvalue weighted by Gasteiger charge is 2.18. The molecule has 0 spiro atoms. The van der Waals surface area contributed by atoms with Gasteiger partial charge in [-0.15, -0.1) is 10.2 Å². The summed E-state index contributed by atoms with van der Waals surface area (Å²) < 4.78 is 2.00. The Labute approximate surface area is 192 Å². The number of amides is 1. The minimum absolute atomic E-state index is 0.0601. The monoisotopic (exact) mass is 442 g/mol. The number of thioether (sulfide) groups is 1. The van der Waals surface area contributed by atoms with Crippen LogP contribution in [0.5, 0.6) is 0 Å². The van der Waals surface area contributed by atoms with Crippen LogP contribution in [0, 0.1) is 6.92 Å². The van der Waals surface area contributed by atoms with E-state index in [1.165, 1.54) is 11.8 Å². The Kier molecular flexibility index (Phi) is 6.71. The molecule has 1 N–H and O–H groups in total. The molecular formula is C26H26N4OS. The van der Waals surface area contributed by atoms with Gasteiger partial charge < -0.3 is 5.32 Å². The zero-order valence-electron chi connectivity index (χ0n) is 18.4. The van der Waals surface area contributed by atoms with E-state index in [-0.39, 0.29) is 11.7 Å². The van der Waals surface area contributed by atoms with Crippen molar-refractivity contribution in [2.45, 2.75) is 31.8 Å². The second-order valence-corrected chi connectivity index (χ2v) is 8.82. The van der Waals surface area contributed by atoms with Crippen molar-refractivity contribution in [1.29, 1.82) is 0 Å². The second-order valence-electron chi connectivity index (χ2n) is 7.87. The van der Waals surface area contributed by atoms with Gasteiger partial charge in [-0.2, -0.15) is 0 Å². The van der Waals surface area contributed by atoms with E-state index in [9.17, 15) is 4.79 Å². The predicted octanol–water partition coefficient (Wildman–Crippen LogP) is 6.10. The molecule has 5 nitrogen and oxygen atoms in total. The van der Waals surface area contributed by atoms with E-state index in [2.05, 4.69) is 35.4 Å². The van der Waals surface area contributed by atoms with Gasteiger partial charge in [-0.05, 0) is 36.1 Å². The lowest BCUT2D eigenvalue weighted by molar-refractivity contribution is -0.113. The number of aryl methyl sites for hydroxylation is 1. The SMILES string of the molecule is Cc1cccc(C(C)C)c1NC(=O)CSc1nnc(-c2ccccc2)n1-c1ccccc1. The highest BCUT2D eigenvalue weighted by molar-refractivity contribution is 7.99. The van der Waals surface area contributed by atoms with Gasteiger partial charge in [0, 0.05) is 16.9 Å². The molecule has 32 heavy (non-hydrogen) atoms. The van der Waals surface area contributed by atoms with Gasteiger partial charge in [0.15, 0.2) is 11.0 Å². The van der Waals surface area contributed by atoms with E-state index in [1.54, 1.807) is 0 Å². The number of rotatable bonds is 7. The molecule has 162 valence electrons. The van der Waals surface area contributed by atoms with Gasteiger partial charge in [0.05, 0.1) is 5.75 Å². The highest BCUT2D eigenvalue weighted by atomic mass is 32.2. The maximum Gasteiger partial charge on any atom is 0.234 e. The number of hydrogen-bond donors (Lipinski definition) is 1. The zero-order valence-corrected chi connectivity index (χ0v) is 19.3. The maximum absolute atomic E-state index is 12.8. The van der Waals surface area contributed by atoms with Crippen molar-refractivity contribution in [3.05, 3.63) is 90.0 Å². The Hall–Kier alpha value is -3.38. The fraction of sp³-hybridized carbons (Fsp3) is 0.192. The molecule has 1 aromatic heterocycles. The molecule has 0 saturated heterocycles. The first-order chi connectivity index (χ1) is 15.5. The molecule has 6 heteroatoms. The Balaban J connectivity index is 1.58. The van der Waals surface area contributed by atoms with E-state index in [4.69, 9.17) is 0 Å². The van der Waals surface area contributed by atoms with Crippen LogP contribution < -0.4 is 5.32 Å². The molecule has 4 rings (SSSR count). The number of carbonyl (C=O) groups is 1. The van der Waals surface area contributed by atoms with Crippen molar-refractivity contribution in [3.63, 3.8) is 0 Å². The number of para-hydroxylation sites is 2. The molecule has 0 fully saturated rings. The molecule has 4 aromatic rings. The van der Waals surface area contributed by atoms with Crippen LogP contribution in [-0.4, -0.2) is 26.4 Å². The van der Waals surface area contributed by atoms with Crippen molar-refractivity contribution < 1.29 is 4.79 Å². The number of anilines is 1. The summed E-state index contributed by atoms with van der Waals surface area (Å²) in [6.45, 7) is 6.28. The average molecular weight is 443 g/mol. The molecule has 0 aliphatic carbocycles. The number of hydrogen-bond acceptors (Lipinski definition) is 4. The van der Waals surface area contributed by atoms with Gasteiger partial charge in [-0.25, -0.2) is 0 Å². The van der Waals surface area contributed by atoms with Crippen LogP contribution in [0.1, 0.15) is 30.9 Å². The summed E-state index contributed by atoms with van der Waals surface area (Å²) >= 11 is 1.38. The molecular weight excluding hydrogens is 416 g/mol. The van der Waals surface area contributed by atoms with Crippen LogP contribution >= 0.6 is 11.8 Å². The van der Waals surface area contributed by atoms with Crippen LogP contribution in [0.3, 0.4) is 0 Å². The van der Waals surface area contributed by atoms with Crippen molar-refractivity contribution in [1.82, 2.24) is 14.8 Å². The topological polar surface area (TPSA) is 59.8 Å². The third-order valence-electron chi connectivity index (χ3n) is 5.20. The van der Waals surface area contributed by atoms with E-state index in [1.807, 2.05) is 84.3 Å². The number of aromatic nitrogens is 3. The summed E-state index contributed by atoms with van der Waals surface area (Å²) in [5.74, 6) is 1.26. The second kappa shape index (κ2) is 9.83. The predicted molar refractivity (Wildman–Crippen MR) is 131 cm³/mol. The summed E-state index contributed by atoms with van der Waals surface area (Å²) in [6, 6.07) is 26.1. The lowest BCUT2D eigenvalue weighted by atomic mass is 9.98. The van der Waals surface area contributed by atoms with Crippen LogP contribution in [0.15, 0.2) is 84.0 Å². The maximum atomic E-state index is 12.8. The van der Waals surface area contributed by atoms with Crippen LogP contribution in [-0.2, 0) is 4.79 Å². The van der Waals surface area contributed by atoms with Gasteiger partial charge in [0.25, 0.3) is 0 Å². The quantitative estimate of drug-likeness (QED) is 0.352. The summed E-state index contributed by atoms with van der Waals surface area (Å²) in [5.41, 5.74) is 5.04. The average Bonchev–Trinajstić information content (AvgIpc) is 3.24. The molecule has 1 heterocycles. The Morgan fingerprint density at radius 3 is 2.31 bits per heavy atom. The molecule has 0 bridgehead atoms.